The highest BCUT2D eigenvalue weighted by Crippen LogP contribution is 2.73. The van der Waals surface area contributed by atoms with Crippen molar-refractivity contribution in [3.05, 3.63) is 11.6 Å². The Labute approximate surface area is 98.9 Å². The summed E-state index contributed by atoms with van der Waals surface area (Å²) in [5.74, 6) is 2.22. The van der Waals surface area contributed by atoms with Crippen molar-refractivity contribution in [3.8, 4) is 0 Å². The zero-order valence-corrected chi connectivity index (χ0v) is 11.0. The van der Waals surface area contributed by atoms with E-state index < -0.39 is 0 Å². The molecule has 0 bridgehead atoms. The Morgan fingerprint density at radius 1 is 1.38 bits per heavy atom. The summed E-state index contributed by atoms with van der Waals surface area (Å²) in [7, 11) is 0. The molecule has 0 aromatic heterocycles. The molecule has 90 valence electrons. The van der Waals surface area contributed by atoms with E-state index in [0.29, 0.717) is 11.3 Å². The molecule has 0 aromatic carbocycles. The molecule has 0 heterocycles. The molecule has 0 saturated heterocycles. The first-order valence-electron chi connectivity index (χ1n) is 6.81. The van der Waals surface area contributed by atoms with Gasteiger partial charge in [-0.05, 0) is 49.4 Å². The third kappa shape index (κ3) is 0.895. The number of hydrogen-bond acceptors (Lipinski definition) is 1. The van der Waals surface area contributed by atoms with Crippen LogP contribution in [0, 0.1) is 28.6 Å². The first kappa shape index (κ1) is 10.8. The monoisotopic (exact) mass is 220 g/mol. The Bertz CT molecular complexity index is 358. The first-order valence-corrected chi connectivity index (χ1v) is 6.81. The van der Waals surface area contributed by atoms with Gasteiger partial charge in [-0.3, -0.25) is 0 Å². The van der Waals surface area contributed by atoms with Crippen LogP contribution in [0.25, 0.3) is 0 Å². The van der Waals surface area contributed by atoms with E-state index in [4.69, 9.17) is 0 Å². The van der Waals surface area contributed by atoms with Crippen LogP contribution in [-0.2, 0) is 0 Å². The topological polar surface area (TPSA) is 20.2 Å². The van der Waals surface area contributed by atoms with Crippen molar-refractivity contribution in [3.63, 3.8) is 0 Å². The Morgan fingerprint density at radius 2 is 2.06 bits per heavy atom. The van der Waals surface area contributed by atoms with Crippen LogP contribution in [0.4, 0.5) is 0 Å². The summed E-state index contributed by atoms with van der Waals surface area (Å²) in [5, 5.41) is 10.5. The maximum Gasteiger partial charge on any atom is 0.0636 e. The summed E-state index contributed by atoms with van der Waals surface area (Å²) >= 11 is 0. The quantitative estimate of drug-likeness (QED) is 0.620. The maximum atomic E-state index is 10.5. The Balaban J connectivity index is 2.15. The highest BCUT2D eigenvalue weighted by Gasteiger charge is 2.68. The van der Waals surface area contributed by atoms with Gasteiger partial charge >= 0.3 is 0 Å². The maximum absolute atomic E-state index is 10.5. The molecule has 6 atom stereocenters. The molecule has 0 amide bonds. The van der Waals surface area contributed by atoms with Crippen LogP contribution in [0.15, 0.2) is 11.6 Å². The number of allylic oxidation sites excluding steroid dienone is 1. The minimum atomic E-state index is -0.111. The lowest BCUT2D eigenvalue weighted by Gasteiger charge is -2.43. The molecule has 16 heavy (non-hydrogen) atoms. The smallest absolute Gasteiger partial charge is 0.0636 e. The van der Waals surface area contributed by atoms with Gasteiger partial charge in [0, 0.05) is 5.41 Å². The summed E-state index contributed by atoms with van der Waals surface area (Å²) in [6, 6.07) is 0. The zero-order valence-electron chi connectivity index (χ0n) is 11.0. The van der Waals surface area contributed by atoms with Crippen LogP contribution >= 0.6 is 0 Å². The summed E-state index contributed by atoms with van der Waals surface area (Å²) in [6.45, 7) is 9.34. The van der Waals surface area contributed by atoms with Crippen molar-refractivity contribution in [2.45, 2.75) is 53.1 Å². The molecule has 6 unspecified atom stereocenters. The lowest BCUT2D eigenvalue weighted by Crippen LogP contribution is -2.41. The van der Waals surface area contributed by atoms with Gasteiger partial charge in [-0.2, -0.15) is 0 Å². The van der Waals surface area contributed by atoms with E-state index in [1.807, 2.05) is 0 Å². The van der Waals surface area contributed by atoms with Crippen molar-refractivity contribution >= 4 is 0 Å². The first-order chi connectivity index (χ1) is 7.43. The van der Waals surface area contributed by atoms with Gasteiger partial charge in [0.25, 0.3) is 0 Å². The number of hydrogen-bond donors (Lipinski definition) is 1. The van der Waals surface area contributed by atoms with Crippen LogP contribution < -0.4 is 0 Å². The molecule has 2 fully saturated rings. The molecule has 3 aliphatic rings. The fourth-order valence-corrected chi connectivity index (χ4v) is 5.51. The number of aliphatic hydroxyl groups is 1. The van der Waals surface area contributed by atoms with Crippen molar-refractivity contribution in [1.29, 1.82) is 0 Å². The van der Waals surface area contributed by atoms with E-state index in [-0.39, 0.29) is 11.5 Å². The van der Waals surface area contributed by atoms with Crippen LogP contribution in [0.2, 0.25) is 0 Å². The summed E-state index contributed by atoms with van der Waals surface area (Å²) in [6.07, 6.45) is 6.01. The van der Waals surface area contributed by atoms with E-state index in [1.165, 1.54) is 18.4 Å². The third-order valence-electron chi connectivity index (χ3n) is 6.52. The van der Waals surface area contributed by atoms with Gasteiger partial charge in [-0.1, -0.05) is 32.4 Å². The van der Waals surface area contributed by atoms with Gasteiger partial charge in [0.2, 0.25) is 0 Å². The second-order valence-electron chi connectivity index (χ2n) is 6.81. The van der Waals surface area contributed by atoms with Crippen molar-refractivity contribution in [2.24, 2.45) is 28.6 Å². The normalized spacial score (nSPS) is 59.7. The highest BCUT2D eigenvalue weighted by atomic mass is 16.3. The average Bonchev–Trinajstić information content (AvgIpc) is 2.72. The van der Waals surface area contributed by atoms with Gasteiger partial charge < -0.3 is 5.11 Å². The molecule has 1 nitrogen and oxygen atoms in total. The predicted octanol–water partition coefficient (Wildman–Crippen LogP) is 3.39. The van der Waals surface area contributed by atoms with Gasteiger partial charge in [0.1, 0.15) is 0 Å². The fourth-order valence-electron chi connectivity index (χ4n) is 5.51. The second-order valence-corrected chi connectivity index (χ2v) is 6.81. The summed E-state index contributed by atoms with van der Waals surface area (Å²) < 4.78 is 0. The summed E-state index contributed by atoms with van der Waals surface area (Å²) in [5.41, 5.74) is 1.96. The van der Waals surface area contributed by atoms with Gasteiger partial charge in [0.05, 0.1) is 6.10 Å². The van der Waals surface area contributed by atoms with Crippen LogP contribution in [0.3, 0.4) is 0 Å². The van der Waals surface area contributed by atoms with Crippen LogP contribution in [0.5, 0.6) is 0 Å². The van der Waals surface area contributed by atoms with Crippen molar-refractivity contribution < 1.29 is 5.11 Å². The van der Waals surface area contributed by atoms with Crippen LogP contribution in [0.1, 0.15) is 47.0 Å². The zero-order chi connectivity index (χ0) is 11.7. The largest absolute Gasteiger partial charge is 0.392 e. The minimum absolute atomic E-state index is 0.0614. The lowest BCUT2D eigenvalue weighted by molar-refractivity contribution is 0.0115. The Hall–Kier alpha value is -0.300. The van der Waals surface area contributed by atoms with E-state index >= 15 is 0 Å². The van der Waals surface area contributed by atoms with Crippen LogP contribution in [-0.4, -0.2) is 11.2 Å². The van der Waals surface area contributed by atoms with E-state index in [2.05, 4.69) is 33.8 Å². The third-order valence-corrected chi connectivity index (χ3v) is 6.52. The van der Waals surface area contributed by atoms with Crippen molar-refractivity contribution in [2.75, 3.05) is 0 Å². The molecule has 0 aliphatic heterocycles. The van der Waals surface area contributed by atoms with E-state index in [9.17, 15) is 5.11 Å². The fraction of sp³-hybridized carbons (Fsp3) is 0.867. The molecule has 0 aromatic rings. The van der Waals surface area contributed by atoms with Gasteiger partial charge in [0.15, 0.2) is 0 Å². The molecule has 2 saturated carbocycles. The van der Waals surface area contributed by atoms with Gasteiger partial charge in [-0.15, -0.1) is 0 Å². The van der Waals surface area contributed by atoms with E-state index in [0.717, 1.165) is 18.3 Å². The molecular formula is C15H24O. The molecule has 0 radical (unpaired) electrons. The van der Waals surface area contributed by atoms with E-state index in [1.54, 1.807) is 0 Å². The van der Waals surface area contributed by atoms with Gasteiger partial charge in [-0.25, -0.2) is 0 Å². The van der Waals surface area contributed by atoms with Crippen molar-refractivity contribution in [1.82, 2.24) is 0 Å². The molecule has 3 aliphatic carbocycles. The SMILES string of the molecule is CC1=CC2(C)C(O)CC3C(C)CCC32C1C. The second kappa shape index (κ2) is 2.93. The molecule has 1 spiro atoms. The lowest BCUT2D eigenvalue weighted by atomic mass is 9.61. The molecular weight excluding hydrogens is 196 g/mol. The number of aliphatic hydroxyl groups excluding tert-OH is 1. The molecule has 3 rings (SSSR count). The Morgan fingerprint density at radius 3 is 2.75 bits per heavy atom. The predicted molar refractivity (Wildman–Crippen MR) is 66.0 cm³/mol. The molecule has 1 heteroatoms. The minimum Gasteiger partial charge on any atom is -0.392 e. The molecule has 1 N–H and O–H groups in total. The summed E-state index contributed by atoms with van der Waals surface area (Å²) in [4.78, 5) is 0. The average molecular weight is 220 g/mol. The standard InChI is InChI=1S/C15H24O/c1-9-5-6-15-11(3)10(2)8-14(15,4)13(16)7-12(9)15/h8-9,11-13,16H,5-7H2,1-4H3. The highest BCUT2D eigenvalue weighted by molar-refractivity contribution is 5.33. The Kier molecular flexibility index (Phi) is 1.98. The number of rotatable bonds is 0.